The molecule has 3 heterocycles. The normalized spacial score (nSPS) is 16.0. The van der Waals surface area contributed by atoms with Crippen molar-refractivity contribution in [2.24, 2.45) is 7.05 Å². The lowest BCUT2D eigenvalue weighted by Crippen LogP contribution is -2.34. The number of rotatable bonds is 6. The smallest absolute Gasteiger partial charge is 0.410 e. The van der Waals surface area contributed by atoms with Crippen molar-refractivity contribution >= 4 is 52.1 Å². The number of nitrogens with zero attached hydrogens (tertiary/aromatic N) is 7. The highest BCUT2D eigenvalue weighted by atomic mass is 35.5. The number of benzene rings is 2. The van der Waals surface area contributed by atoms with Crippen LogP contribution in [0.15, 0.2) is 47.3 Å². The maximum absolute atomic E-state index is 13.4. The fourth-order valence-electron chi connectivity index (χ4n) is 5.14. The molecule has 1 saturated heterocycles. The minimum Gasteiger partial charge on any atom is -0.444 e. The van der Waals surface area contributed by atoms with Crippen molar-refractivity contribution in [3.8, 4) is 6.07 Å². The number of aromatic nitrogens is 4. The number of hydrogen-bond donors (Lipinski definition) is 4. The Morgan fingerprint density at radius 3 is 2.61 bits per heavy atom. The number of nitriles is 1. The second-order valence-electron chi connectivity index (χ2n) is 10.1. The van der Waals surface area contributed by atoms with E-state index < -0.39 is 24.1 Å². The zero-order valence-corrected chi connectivity index (χ0v) is 24.3. The lowest BCUT2D eigenvalue weighted by molar-refractivity contribution is 0.0704. The van der Waals surface area contributed by atoms with Gasteiger partial charge >= 0.3 is 6.09 Å². The summed E-state index contributed by atoms with van der Waals surface area (Å²) in [6.45, 7) is 0.238. The Kier molecular flexibility index (Phi) is 8.21. The molecule has 0 saturated carbocycles. The summed E-state index contributed by atoms with van der Waals surface area (Å²) < 4.78 is 7.23. The van der Waals surface area contributed by atoms with Gasteiger partial charge in [-0.25, -0.2) is 15.3 Å². The van der Waals surface area contributed by atoms with E-state index in [2.05, 4.69) is 9.97 Å². The molecule has 0 aliphatic carbocycles. The summed E-state index contributed by atoms with van der Waals surface area (Å²) in [6.07, 6.45) is -1.17. The molecule has 44 heavy (non-hydrogen) atoms. The predicted molar refractivity (Wildman–Crippen MR) is 160 cm³/mol. The molecule has 226 valence electrons. The van der Waals surface area contributed by atoms with E-state index in [1.54, 1.807) is 54.8 Å². The maximum atomic E-state index is 13.4. The van der Waals surface area contributed by atoms with E-state index >= 15 is 0 Å². The highest BCUT2D eigenvalue weighted by Crippen LogP contribution is 2.39. The van der Waals surface area contributed by atoms with Crippen LogP contribution in [0.3, 0.4) is 0 Å². The third-order valence-corrected chi connectivity index (χ3v) is 7.60. The van der Waals surface area contributed by atoms with E-state index in [1.165, 1.54) is 21.6 Å². The Morgan fingerprint density at radius 2 is 1.93 bits per heavy atom. The van der Waals surface area contributed by atoms with Crippen LogP contribution >= 0.6 is 11.6 Å². The lowest BCUT2D eigenvalue weighted by Gasteiger charge is -2.27. The van der Waals surface area contributed by atoms with Gasteiger partial charge in [-0.2, -0.15) is 15.2 Å². The molecular weight excluding hydrogens is 592 g/mol. The van der Waals surface area contributed by atoms with Crippen LogP contribution in [0.4, 0.5) is 22.4 Å². The van der Waals surface area contributed by atoms with Crippen molar-refractivity contribution in [1.82, 2.24) is 29.9 Å². The molecule has 1 aliphatic rings. The van der Waals surface area contributed by atoms with E-state index in [0.29, 0.717) is 16.9 Å². The minimum absolute atomic E-state index is 0.0274. The molecule has 0 radical (unpaired) electrons. The maximum Gasteiger partial charge on any atom is 0.410 e. The fourth-order valence-corrected chi connectivity index (χ4v) is 5.39. The van der Waals surface area contributed by atoms with Gasteiger partial charge in [0, 0.05) is 32.6 Å². The van der Waals surface area contributed by atoms with Gasteiger partial charge in [-0.3, -0.25) is 19.4 Å². The number of fused-ring (bicyclic) bond motifs is 1. The molecule has 5 rings (SSSR count). The lowest BCUT2D eigenvalue weighted by atomic mass is 10.1. The van der Waals surface area contributed by atoms with Crippen LogP contribution in [0.1, 0.15) is 39.8 Å². The van der Waals surface area contributed by atoms with E-state index in [9.17, 15) is 19.6 Å². The first-order valence-corrected chi connectivity index (χ1v) is 13.6. The van der Waals surface area contributed by atoms with Crippen LogP contribution in [0.25, 0.3) is 10.9 Å². The summed E-state index contributed by atoms with van der Waals surface area (Å²) >= 11 is 6.31. The first-order chi connectivity index (χ1) is 21.0. The molecular formula is C28H27ClN10O5. The third-order valence-electron chi connectivity index (χ3n) is 7.29. The second-order valence-corrected chi connectivity index (χ2v) is 10.6. The number of nitrogens with one attached hydrogen (secondary N) is 1. The van der Waals surface area contributed by atoms with Crippen molar-refractivity contribution in [2.75, 3.05) is 30.0 Å². The number of nitrogens with two attached hydrogens (primary N) is 2. The summed E-state index contributed by atoms with van der Waals surface area (Å²) in [5, 5.41) is 19.2. The van der Waals surface area contributed by atoms with E-state index in [0.717, 1.165) is 0 Å². The van der Waals surface area contributed by atoms with Gasteiger partial charge in [0.1, 0.15) is 29.4 Å². The van der Waals surface area contributed by atoms with Crippen LogP contribution in [0, 0.1) is 11.3 Å². The molecule has 4 aromatic rings. The number of halogens is 1. The number of hydrogen-bond acceptors (Lipinski definition) is 12. The van der Waals surface area contributed by atoms with Gasteiger partial charge in [0.2, 0.25) is 5.95 Å². The van der Waals surface area contributed by atoms with Crippen molar-refractivity contribution < 1.29 is 19.5 Å². The first kappa shape index (κ1) is 30.0. The summed E-state index contributed by atoms with van der Waals surface area (Å²) in [4.78, 5) is 54.1. The molecule has 1 fully saturated rings. The Labute approximate surface area is 255 Å². The number of carbonyl (C=O) groups excluding carboxylic acids is 2. The van der Waals surface area contributed by atoms with Gasteiger partial charge in [0.25, 0.3) is 11.5 Å². The molecule has 0 bridgehead atoms. The second kappa shape index (κ2) is 12.0. The Hall–Kier alpha value is -5.46. The standard InChI is InChI=1S/C28H27ClN10O5/c1-37(12-14-6-8-15(9-7-14)25(40)36-43)28(42)44-16-10-20(39(13-16)23-17(11-30)22(31)34-27(32)35-23)24-33-19-5-3-4-18(29)21(19)26(41)38(24)2/h3-9,16,20,43H,10,12-13H2,1-2H3,(H,36,40)(H4,31,32,34,35)/t16-,20+/m1/s1. The zero-order valence-electron chi connectivity index (χ0n) is 23.6. The molecule has 0 unspecified atom stereocenters. The quantitative estimate of drug-likeness (QED) is 0.180. The SMILES string of the molecule is CN(Cc1ccc(C(=O)NO)cc1)C(=O)O[C@@H]1C[C@@H](c2nc3cccc(Cl)c3c(=O)n2C)N(c2nc(N)nc(N)c2C#N)C1. The monoisotopic (exact) mass is 618 g/mol. The van der Waals surface area contributed by atoms with Crippen molar-refractivity contribution in [2.45, 2.75) is 25.1 Å². The summed E-state index contributed by atoms with van der Waals surface area (Å²) in [5.74, 6) is -0.503. The van der Waals surface area contributed by atoms with E-state index in [-0.39, 0.29) is 64.2 Å². The largest absolute Gasteiger partial charge is 0.444 e. The van der Waals surface area contributed by atoms with E-state index in [1.807, 2.05) is 6.07 Å². The van der Waals surface area contributed by atoms with Gasteiger partial charge in [-0.05, 0) is 29.8 Å². The van der Waals surface area contributed by atoms with Crippen molar-refractivity contribution in [3.05, 3.63) is 80.4 Å². The van der Waals surface area contributed by atoms with Gasteiger partial charge in [-0.15, -0.1) is 0 Å². The Balaban J connectivity index is 1.46. The molecule has 16 heteroatoms. The highest BCUT2D eigenvalue weighted by Gasteiger charge is 2.40. The molecule has 2 aromatic heterocycles. The summed E-state index contributed by atoms with van der Waals surface area (Å²) in [7, 11) is 3.11. The van der Waals surface area contributed by atoms with Gasteiger partial charge < -0.3 is 26.0 Å². The van der Waals surface area contributed by atoms with E-state index in [4.69, 9.17) is 38.0 Å². The van der Waals surface area contributed by atoms with Crippen LogP contribution in [0.5, 0.6) is 0 Å². The van der Waals surface area contributed by atoms with Gasteiger partial charge in [0.05, 0.1) is 28.5 Å². The number of amides is 2. The number of ether oxygens (including phenoxy) is 1. The molecule has 2 atom stereocenters. The summed E-state index contributed by atoms with van der Waals surface area (Å²) in [6, 6.07) is 12.6. The first-order valence-electron chi connectivity index (χ1n) is 13.2. The Bertz CT molecular complexity index is 1870. The molecule has 2 amide bonds. The number of carbonyl (C=O) groups is 2. The predicted octanol–water partition coefficient (Wildman–Crippen LogP) is 2.12. The van der Waals surface area contributed by atoms with Crippen LogP contribution in [-0.2, 0) is 18.3 Å². The molecule has 1 aliphatic heterocycles. The summed E-state index contributed by atoms with van der Waals surface area (Å²) in [5.41, 5.74) is 14.4. The van der Waals surface area contributed by atoms with Crippen molar-refractivity contribution in [1.29, 1.82) is 5.26 Å². The average Bonchev–Trinajstić information content (AvgIpc) is 3.41. The molecule has 6 N–H and O–H groups in total. The average molecular weight is 619 g/mol. The number of nitrogen functional groups attached to an aromatic ring is 2. The van der Waals surface area contributed by atoms with Crippen LogP contribution in [0.2, 0.25) is 5.02 Å². The number of hydroxylamine groups is 1. The zero-order chi connectivity index (χ0) is 31.7. The highest BCUT2D eigenvalue weighted by molar-refractivity contribution is 6.35. The molecule has 15 nitrogen and oxygen atoms in total. The fraction of sp³-hybridized carbons (Fsp3) is 0.250. The molecule has 0 spiro atoms. The van der Waals surface area contributed by atoms with Gasteiger partial charge in [-0.1, -0.05) is 29.8 Å². The van der Waals surface area contributed by atoms with Crippen LogP contribution < -0.4 is 27.4 Å². The minimum atomic E-state index is -0.721. The number of anilines is 3. The Morgan fingerprint density at radius 1 is 1.20 bits per heavy atom. The van der Waals surface area contributed by atoms with Crippen molar-refractivity contribution in [3.63, 3.8) is 0 Å². The topological polar surface area (TPSA) is 219 Å². The van der Waals surface area contributed by atoms with Crippen LogP contribution in [-0.4, -0.2) is 61.3 Å². The third kappa shape index (κ3) is 5.63. The molecule has 2 aromatic carbocycles. The van der Waals surface area contributed by atoms with Gasteiger partial charge in [0.15, 0.2) is 5.82 Å².